The maximum atomic E-state index is 13.0. The first-order chi connectivity index (χ1) is 9.13. The fourth-order valence-corrected chi connectivity index (χ4v) is 2.50. The minimum Gasteiger partial charge on any atom is -0.377 e. The molecule has 2 unspecified atom stereocenters. The van der Waals surface area contributed by atoms with Gasteiger partial charge in [-0.25, -0.2) is 4.39 Å². The zero-order valence-electron chi connectivity index (χ0n) is 11.4. The smallest absolute Gasteiger partial charge is 0.230 e. The number of hydrogen-bond donors (Lipinski definition) is 0. The van der Waals surface area contributed by atoms with E-state index in [1.807, 2.05) is 18.7 Å². The molecule has 19 heavy (non-hydrogen) atoms. The zero-order valence-corrected chi connectivity index (χ0v) is 11.4. The van der Waals surface area contributed by atoms with Gasteiger partial charge in [0.05, 0.1) is 25.2 Å². The molecule has 1 aliphatic heterocycles. The maximum Gasteiger partial charge on any atom is 0.230 e. The highest BCUT2D eigenvalue weighted by molar-refractivity contribution is 5.84. The molecule has 1 aliphatic rings. The van der Waals surface area contributed by atoms with Crippen LogP contribution in [0.5, 0.6) is 0 Å². The second-order valence-corrected chi connectivity index (χ2v) is 4.97. The minimum absolute atomic E-state index is 0.107. The largest absolute Gasteiger partial charge is 0.377 e. The van der Waals surface area contributed by atoms with Gasteiger partial charge in [-0.15, -0.1) is 0 Å². The SMILES string of the molecule is CCC(C(=O)N1CCOCC1C)c1ccc(F)cc1. The Kier molecular flexibility index (Phi) is 4.53. The number of benzene rings is 1. The van der Waals surface area contributed by atoms with Crippen LogP contribution in [0.25, 0.3) is 0 Å². The van der Waals surface area contributed by atoms with Gasteiger partial charge >= 0.3 is 0 Å². The van der Waals surface area contributed by atoms with E-state index in [0.29, 0.717) is 26.2 Å². The van der Waals surface area contributed by atoms with E-state index < -0.39 is 0 Å². The van der Waals surface area contributed by atoms with Crippen LogP contribution in [-0.4, -0.2) is 36.6 Å². The standard InChI is InChI=1S/C15H20FNO2/c1-3-14(12-4-6-13(16)7-5-12)15(18)17-8-9-19-10-11(17)2/h4-7,11,14H,3,8-10H2,1-2H3. The van der Waals surface area contributed by atoms with Crippen molar-refractivity contribution in [1.82, 2.24) is 4.90 Å². The van der Waals surface area contributed by atoms with E-state index in [0.717, 1.165) is 5.56 Å². The molecule has 2 rings (SSSR count). The number of halogens is 1. The van der Waals surface area contributed by atoms with E-state index in [9.17, 15) is 9.18 Å². The normalized spacial score (nSPS) is 21.2. The molecule has 0 saturated carbocycles. The van der Waals surface area contributed by atoms with Crippen LogP contribution in [0.4, 0.5) is 4.39 Å². The Hall–Kier alpha value is -1.42. The predicted molar refractivity (Wildman–Crippen MR) is 71.4 cm³/mol. The third-order valence-electron chi connectivity index (χ3n) is 3.63. The van der Waals surface area contributed by atoms with Gasteiger partial charge in [-0.3, -0.25) is 4.79 Å². The number of amides is 1. The number of carbonyl (C=O) groups is 1. The summed E-state index contributed by atoms with van der Waals surface area (Å²) in [5, 5.41) is 0. The molecule has 0 aromatic heterocycles. The number of nitrogens with zero attached hydrogens (tertiary/aromatic N) is 1. The van der Waals surface area contributed by atoms with E-state index in [2.05, 4.69) is 0 Å². The number of carbonyl (C=O) groups excluding carboxylic acids is 1. The molecule has 0 bridgehead atoms. The monoisotopic (exact) mass is 265 g/mol. The van der Waals surface area contributed by atoms with E-state index in [4.69, 9.17) is 4.74 Å². The lowest BCUT2D eigenvalue weighted by Gasteiger charge is -2.35. The third-order valence-corrected chi connectivity index (χ3v) is 3.63. The first kappa shape index (κ1) is 14.0. The molecule has 1 aromatic rings. The third kappa shape index (κ3) is 3.13. The molecule has 1 heterocycles. The van der Waals surface area contributed by atoms with Gasteiger partial charge in [0.15, 0.2) is 0 Å². The lowest BCUT2D eigenvalue weighted by atomic mass is 9.94. The van der Waals surface area contributed by atoms with E-state index in [-0.39, 0.29) is 23.7 Å². The lowest BCUT2D eigenvalue weighted by Crippen LogP contribution is -2.48. The van der Waals surface area contributed by atoms with Crippen molar-refractivity contribution in [3.05, 3.63) is 35.6 Å². The van der Waals surface area contributed by atoms with Crippen LogP contribution >= 0.6 is 0 Å². The van der Waals surface area contributed by atoms with Crippen LogP contribution in [0.15, 0.2) is 24.3 Å². The van der Waals surface area contributed by atoms with Crippen LogP contribution in [0.3, 0.4) is 0 Å². The van der Waals surface area contributed by atoms with Crippen molar-refractivity contribution in [2.24, 2.45) is 0 Å². The molecule has 104 valence electrons. The second kappa shape index (κ2) is 6.15. The molecule has 0 radical (unpaired) electrons. The average molecular weight is 265 g/mol. The van der Waals surface area contributed by atoms with Crippen molar-refractivity contribution < 1.29 is 13.9 Å². The Morgan fingerprint density at radius 3 is 2.74 bits per heavy atom. The molecule has 0 N–H and O–H groups in total. The Balaban J connectivity index is 2.16. The molecular formula is C15H20FNO2. The van der Waals surface area contributed by atoms with Gasteiger partial charge < -0.3 is 9.64 Å². The van der Waals surface area contributed by atoms with Crippen molar-refractivity contribution in [3.8, 4) is 0 Å². The van der Waals surface area contributed by atoms with E-state index in [1.54, 1.807) is 12.1 Å². The van der Waals surface area contributed by atoms with Crippen LogP contribution in [0.1, 0.15) is 31.7 Å². The highest BCUT2D eigenvalue weighted by Gasteiger charge is 2.29. The Morgan fingerprint density at radius 2 is 2.16 bits per heavy atom. The topological polar surface area (TPSA) is 29.5 Å². The Morgan fingerprint density at radius 1 is 1.47 bits per heavy atom. The molecule has 2 atom stereocenters. The van der Waals surface area contributed by atoms with E-state index in [1.165, 1.54) is 12.1 Å². The second-order valence-electron chi connectivity index (χ2n) is 4.97. The first-order valence-electron chi connectivity index (χ1n) is 6.77. The van der Waals surface area contributed by atoms with Crippen LogP contribution in [0.2, 0.25) is 0 Å². The minimum atomic E-state index is -0.272. The summed E-state index contributed by atoms with van der Waals surface area (Å²) in [6, 6.07) is 6.33. The summed E-state index contributed by atoms with van der Waals surface area (Å²) >= 11 is 0. The predicted octanol–water partition coefficient (Wildman–Crippen LogP) is 2.57. The van der Waals surface area contributed by atoms with Gasteiger partial charge in [-0.1, -0.05) is 19.1 Å². The van der Waals surface area contributed by atoms with Crippen molar-refractivity contribution in [2.45, 2.75) is 32.2 Å². The molecule has 1 amide bonds. The highest BCUT2D eigenvalue weighted by Crippen LogP contribution is 2.24. The van der Waals surface area contributed by atoms with Gasteiger partial charge in [0.2, 0.25) is 5.91 Å². The summed E-state index contributed by atoms with van der Waals surface area (Å²) < 4.78 is 18.3. The molecule has 1 aromatic carbocycles. The first-order valence-corrected chi connectivity index (χ1v) is 6.77. The lowest BCUT2D eigenvalue weighted by molar-refractivity contribution is -0.140. The Bertz CT molecular complexity index is 432. The summed E-state index contributed by atoms with van der Waals surface area (Å²) in [5.74, 6) is -0.350. The van der Waals surface area contributed by atoms with Crippen LogP contribution in [0, 0.1) is 5.82 Å². The fourth-order valence-electron chi connectivity index (χ4n) is 2.50. The van der Waals surface area contributed by atoms with Crippen molar-refractivity contribution >= 4 is 5.91 Å². The summed E-state index contributed by atoms with van der Waals surface area (Å²) in [4.78, 5) is 14.5. The zero-order chi connectivity index (χ0) is 13.8. The summed E-state index contributed by atoms with van der Waals surface area (Å²) in [5.41, 5.74) is 0.882. The van der Waals surface area contributed by atoms with Gasteiger partial charge in [0.1, 0.15) is 5.82 Å². The number of ether oxygens (including phenoxy) is 1. The molecule has 0 aliphatic carbocycles. The van der Waals surface area contributed by atoms with Crippen molar-refractivity contribution in [2.75, 3.05) is 19.8 Å². The molecular weight excluding hydrogens is 245 g/mol. The highest BCUT2D eigenvalue weighted by atomic mass is 19.1. The summed E-state index contributed by atoms with van der Waals surface area (Å²) in [6.07, 6.45) is 0.717. The number of hydrogen-bond acceptors (Lipinski definition) is 2. The summed E-state index contributed by atoms with van der Waals surface area (Å²) in [7, 11) is 0. The van der Waals surface area contributed by atoms with E-state index >= 15 is 0 Å². The molecule has 1 saturated heterocycles. The average Bonchev–Trinajstić information content (AvgIpc) is 2.42. The maximum absolute atomic E-state index is 13.0. The van der Waals surface area contributed by atoms with Gasteiger partial charge in [0, 0.05) is 6.54 Å². The fraction of sp³-hybridized carbons (Fsp3) is 0.533. The van der Waals surface area contributed by atoms with Crippen LogP contribution in [-0.2, 0) is 9.53 Å². The Labute approximate surface area is 113 Å². The van der Waals surface area contributed by atoms with Crippen molar-refractivity contribution in [1.29, 1.82) is 0 Å². The summed E-state index contributed by atoms with van der Waals surface area (Å²) in [6.45, 7) is 5.80. The van der Waals surface area contributed by atoms with Gasteiger partial charge in [0.25, 0.3) is 0 Å². The van der Waals surface area contributed by atoms with Gasteiger partial charge in [-0.2, -0.15) is 0 Å². The quantitative estimate of drug-likeness (QED) is 0.840. The van der Waals surface area contributed by atoms with Gasteiger partial charge in [-0.05, 0) is 31.0 Å². The number of rotatable bonds is 3. The molecule has 0 spiro atoms. The molecule has 3 nitrogen and oxygen atoms in total. The van der Waals surface area contributed by atoms with Crippen molar-refractivity contribution in [3.63, 3.8) is 0 Å². The molecule has 1 fully saturated rings. The van der Waals surface area contributed by atoms with Crippen LogP contribution < -0.4 is 0 Å². The number of morpholine rings is 1. The molecule has 4 heteroatoms.